The minimum atomic E-state index is 0.600. The SMILES string of the molecule is CC1CCC(c2nc(-c3ccc(CN)cc3)cs2)CC1. The molecule has 2 nitrogen and oxygen atoms in total. The lowest BCUT2D eigenvalue weighted by Gasteiger charge is -2.24. The minimum Gasteiger partial charge on any atom is -0.326 e. The van der Waals surface area contributed by atoms with Gasteiger partial charge in [0.15, 0.2) is 0 Å². The molecule has 1 aromatic heterocycles. The van der Waals surface area contributed by atoms with Gasteiger partial charge in [0.1, 0.15) is 0 Å². The summed E-state index contributed by atoms with van der Waals surface area (Å²) in [5, 5.41) is 3.53. The molecule has 0 saturated heterocycles. The second-order valence-electron chi connectivity index (χ2n) is 5.93. The van der Waals surface area contributed by atoms with E-state index in [1.165, 1.54) is 41.8 Å². The predicted molar refractivity (Wildman–Crippen MR) is 85.8 cm³/mol. The van der Waals surface area contributed by atoms with Crippen LogP contribution < -0.4 is 5.73 Å². The van der Waals surface area contributed by atoms with E-state index in [-0.39, 0.29) is 0 Å². The summed E-state index contributed by atoms with van der Waals surface area (Å²) in [4.78, 5) is 4.87. The van der Waals surface area contributed by atoms with Crippen LogP contribution in [0.25, 0.3) is 11.3 Å². The molecule has 0 atom stereocenters. The highest BCUT2D eigenvalue weighted by atomic mass is 32.1. The van der Waals surface area contributed by atoms with Crippen molar-refractivity contribution in [2.45, 2.75) is 45.1 Å². The van der Waals surface area contributed by atoms with Crippen LogP contribution in [0.5, 0.6) is 0 Å². The molecule has 0 radical (unpaired) electrons. The molecule has 106 valence electrons. The summed E-state index contributed by atoms with van der Waals surface area (Å²) >= 11 is 1.83. The van der Waals surface area contributed by atoms with Gasteiger partial charge in [-0.3, -0.25) is 0 Å². The average molecular weight is 286 g/mol. The van der Waals surface area contributed by atoms with Crippen LogP contribution in [0.4, 0.5) is 0 Å². The van der Waals surface area contributed by atoms with Gasteiger partial charge in [0.2, 0.25) is 0 Å². The lowest BCUT2D eigenvalue weighted by atomic mass is 9.83. The Labute approximate surface area is 125 Å². The third-order valence-corrected chi connectivity index (χ3v) is 5.38. The molecule has 3 rings (SSSR count). The van der Waals surface area contributed by atoms with Crippen LogP contribution in [-0.2, 0) is 6.54 Å². The highest BCUT2D eigenvalue weighted by Crippen LogP contribution is 2.37. The minimum absolute atomic E-state index is 0.600. The van der Waals surface area contributed by atoms with Crippen molar-refractivity contribution in [3.8, 4) is 11.3 Å². The molecule has 1 aliphatic rings. The second kappa shape index (κ2) is 6.06. The molecule has 2 aromatic rings. The standard InChI is InChI=1S/C17H22N2S/c1-12-2-6-15(7-3-12)17-19-16(11-20-17)14-8-4-13(10-18)5-9-14/h4-5,8-9,11-12,15H,2-3,6-7,10,18H2,1H3. The molecule has 3 heteroatoms. The summed E-state index contributed by atoms with van der Waals surface area (Å²) in [6, 6.07) is 8.45. The van der Waals surface area contributed by atoms with Crippen LogP contribution in [-0.4, -0.2) is 4.98 Å². The maximum Gasteiger partial charge on any atom is 0.0963 e. The molecule has 20 heavy (non-hydrogen) atoms. The van der Waals surface area contributed by atoms with Gasteiger partial charge >= 0.3 is 0 Å². The van der Waals surface area contributed by atoms with Crippen LogP contribution in [0.15, 0.2) is 29.6 Å². The Morgan fingerprint density at radius 1 is 1.15 bits per heavy atom. The molecule has 0 amide bonds. The van der Waals surface area contributed by atoms with Gasteiger partial charge in [-0.25, -0.2) is 4.98 Å². The first-order valence-corrected chi connectivity index (χ1v) is 8.39. The number of hydrogen-bond donors (Lipinski definition) is 1. The number of aromatic nitrogens is 1. The summed E-state index contributed by atoms with van der Waals surface area (Å²) in [5.41, 5.74) is 9.13. The molecule has 1 fully saturated rings. The lowest BCUT2D eigenvalue weighted by Crippen LogP contribution is -2.10. The summed E-state index contributed by atoms with van der Waals surface area (Å²) < 4.78 is 0. The van der Waals surface area contributed by atoms with Crippen molar-refractivity contribution in [1.29, 1.82) is 0 Å². The van der Waals surface area contributed by atoms with Gasteiger partial charge in [-0.15, -0.1) is 11.3 Å². The Morgan fingerprint density at radius 2 is 1.85 bits per heavy atom. The summed E-state index contributed by atoms with van der Waals surface area (Å²) in [7, 11) is 0. The zero-order valence-electron chi connectivity index (χ0n) is 12.0. The fourth-order valence-corrected chi connectivity index (χ4v) is 3.93. The van der Waals surface area contributed by atoms with Crippen LogP contribution in [0, 0.1) is 5.92 Å². The van der Waals surface area contributed by atoms with Crippen molar-refractivity contribution in [2.75, 3.05) is 0 Å². The number of thiazole rings is 1. The van der Waals surface area contributed by atoms with E-state index < -0.39 is 0 Å². The fourth-order valence-electron chi connectivity index (χ4n) is 2.93. The number of nitrogens with zero attached hydrogens (tertiary/aromatic N) is 1. The Morgan fingerprint density at radius 3 is 2.50 bits per heavy atom. The van der Waals surface area contributed by atoms with Crippen molar-refractivity contribution >= 4 is 11.3 Å². The smallest absolute Gasteiger partial charge is 0.0963 e. The van der Waals surface area contributed by atoms with Crippen molar-refractivity contribution < 1.29 is 0 Å². The highest BCUT2D eigenvalue weighted by molar-refractivity contribution is 7.10. The third kappa shape index (κ3) is 2.94. The summed E-state index contributed by atoms with van der Waals surface area (Å²) in [6.45, 7) is 2.96. The van der Waals surface area contributed by atoms with Gasteiger partial charge in [-0.2, -0.15) is 0 Å². The molecule has 0 spiro atoms. The van der Waals surface area contributed by atoms with Gasteiger partial charge in [0.05, 0.1) is 10.7 Å². The van der Waals surface area contributed by atoms with E-state index in [0.717, 1.165) is 11.6 Å². The van der Waals surface area contributed by atoms with E-state index in [0.29, 0.717) is 12.5 Å². The van der Waals surface area contributed by atoms with Crippen LogP contribution in [0.1, 0.15) is 49.1 Å². The number of benzene rings is 1. The van der Waals surface area contributed by atoms with E-state index in [9.17, 15) is 0 Å². The van der Waals surface area contributed by atoms with Crippen LogP contribution >= 0.6 is 11.3 Å². The third-order valence-electron chi connectivity index (χ3n) is 4.37. The summed E-state index contributed by atoms with van der Waals surface area (Å²) in [6.07, 6.45) is 5.32. The Bertz CT molecular complexity index is 551. The normalized spacial score (nSPS) is 22.9. The van der Waals surface area contributed by atoms with Gasteiger partial charge in [-0.1, -0.05) is 44.0 Å². The zero-order valence-corrected chi connectivity index (χ0v) is 12.8. The Hall–Kier alpha value is -1.19. The monoisotopic (exact) mass is 286 g/mol. The highest BCUT2D eigenvalue weighted by Gasteiger charge is 2.22. The molecular weight excluding hydrogens is 264 g/mol. The molecule has 1 heterocycles. The molecule has 0 aliphatic heterocycles. The van der Waals surface area contributed by atoms with Crippen molar-refractivity contribution in [2.24, 2.45) is 11.7 Å². The number of hydrogen-bond acceptors (Lipinski definition) is 3. The van der Waals surface area contributed by atoms with E-state index in [4.69, 9.17) is 10.7 Å². The van der Waals surface area contributed by atoms with Gasteiger partial charge in [0.25, 0.3) is 0 Å². The first-order valence-electron chi connectivity index (χ1n) is 7.51. The van der Waals surface area contributed by atoms with E-state index in [1.807, 2.05) is 11.3 Å². The van der Waals surface area contributed by atoms with Gasteiger partial charge in [-0.05, 0) is 24.3 Å². The van der Waals surface area contributed by atoms with Crippen LogP contribution in [0.2, 0.25) is 0 Å². The Kier molecular flexibility index (Phi) is 4.18. The lowest BCUT2D eigenvalue weighted by molar-refractivity contribution is 0.347. The van der Waals surface area contributed by atoms with E-state index >= 15 is 0 Å². The topological polar surface area (TPSA) is 38.9 Å². The molecule has 2 N–H and O–H groups in total. The van der Waals surface area contributed by atoms with Crippen molar-refractivity contribution in [3.63, 3.8) is 0 Å². The number of rotatable bonds is 3. The fraction of sp³-hybridized carbons (Fsp3) is 0.471. The van der Waals surface area contributed by atoms with Crippen molar-refractivity contribution in [1.82, 2.24) is 4.98 Å². The molecule has 0 bridgehead atoms. The second-order valence-corrected chi connectivity index (χ2v) is 6.82. The molecule has 1 aliphatic carbocycles. The first-order chi connectivity index (χ1) is 9.76. The molecule has 1 aromatic carbocycles. The maximum atomic E-state index is 5.64. The largest absolute Gasteiger partial charge is 0.326 e. The van der Waals surface area contributed by atoms with Gasteiger partial charge in [0, 0.05) is 23.4 Å². The van der Waals surface area contributed by atoms with E-state index in [1.54, 1.807) is 0 Å². The van der Waals surface area contributed by atoms with E-state index in [2.05, 4.69) is 36.6 Å². The number of nitrogens with two attached hydrogens (primary N) is 1. The zero-order chi connectivity index (χ0) is 13.9. The Balaban J connectivity index is 1.75. The predicted octanol–water partition coefficient (Wildman–Crippen LogP) is 4.56. The van der Waals surface area contributed by atoms with Crippen LogP contribution in [0.3, 0.4) is 0 Å². The summed E-state index contributed by atoms with van der Waals surface area (Å²) in [5.74, 6) is 1.59. The first kappa shape index (κ1) is 13.8. The quantitative estimate of drug-likeness (QED) is 0.898. The molecule has 1 saturated carbocycles. The molecule has 0 unspecified atom stereocenters. The van der Waals surface area contributed by atoms with Crippen molar-refractivity contribution in [3.05, 3.63) is 40.2 Å². The average Bonchev–Trinajstić information content (AvgIpc) is 2.98. The molecular formula is C17H22N2S. The van der Waals surface area contributed by atoms with Gasteiger partial charge < -0.3 is 5.73 Å². The maximum absolute atomic E-state index is 5.64.